The number of hydrogen-bond donors (Lipinski definition) is 0. The van der Waals surface area contributed by atoms with Gasteiger partial charge in [0.15, 0.2) is 0 Å². The molecule has 0 unspecified atom stereocenters. The van der Waals surface area contributed by atoms with Crippen LogP contribution in [0, 0.1) is 5.92 Å². The summed E-state index contributed by atoms with van der Waals surface area (Å²) in [5, 5.41) is 0. The molecular formula is C15H18F3NO. The maximum atomic E-state index is 13.1. The van der Waals surface area contributed by atoms with Crippen molar-refractivity contribution in [2.24, 2.45) is 5.92 Å². The second-order valence-corrected chi connectivity index (χ2v) is 5.42. The number of rotatable bonds is 4. The summed E-state index contributed by atoms with van der Waals surface area (Å²) in [6.07, 6.45) is 0.480. The third-order valence-corrected chi connectivity index (χ3v) is 3.88. The Labute approximate surface area is 116 Å². The summed E-state index contributed by atoms with van der Waals surface area (Å²) in [5.74, 6) is 0.465. The molecule has 0 aliphatic heterocycles. The lowest BCUT2D eigenvalue weighted by Crippen LogP contribution is -2.26. The highest BCUT2D eigenvalue weighted by Crippen LogP contribution is 2.37. The van der Waals surface area contributed by atoms with Crippen LogP contribution in [-0.2, 0) is 6.18 Å². The van der Waals surface area contributed by atoms with Gasteiger partial charge in [0.05, 0.1) is 5.56 Å². The van der Waals surface area contributed by atoms with E-state index in [1.165, 1.54) is 12.1 Å². The van der Waals surface area contributed by atoms with Crippen molar-refractivity contribution in [3.63, 3.8) is 0 Å². The molecule has 0 heterocycles. The first-order valence-corrected chi connectivity index (χ1v) is 6.79. The van der Waals surface area contributed by atoms with Crippen LogP contribution in [0.2, 0.25) is 0 Å². The molecule has 110 valence electrons. The van der Waals surface area contributed by atoms with Crippen molar-refractivity contribution in [2.75, 3.05) is 18.5 Å². The van der Waals surface area contributed by atoms with Gasteiger partial charge >= 0.3 is 6.18 Å². The average molecular weight is 285 g/mol. The van der Waals surface area contributed by atoms with Crippen molar-refractivity contribution >= 4 is 12.0 Å². The van der Waals surface area contributed by atoms with Crippen LogP contribution in [0.25, 0.3) is 0 Å². The molecule has 0 bridgehead atoms. The summed E-state index contributed by atoms with van der Waals surface area (Å²) in [4.78, 5) is 12.3. The van der Waals surface area contributed by atoms with Crippen molar-refractivity contribution in [3.8, 4) is 0 Å². The van der Waals surface area contributed by atoms with Gasteiger partial charge in [-0.15, -0.1) is 0 Å². The average Bonchev–Trinajstić information content (AvgIpc) is 2.89. The number of carbonyl (C=O) groups excluding carboxylic acids is 1. The number of aldehydes is 1. The van der Waals surface area contributed by atoms with Gasteiger partial charge in [0.2, 0.25) is 0 Å². The van der Waals surface area contributed by atoms with Gasteiger partial charge in [-0.1, -0.05) is 12.8 Å². The molecular weight excluding hydrogens is 267 g/mol. The van der Waals surface area contributed by atoms with E-state index in [1.54, 1.807) is 11.9 Å². The molecule has 0 radical (unpaired) electrons. The lowest BCUT2D eigenvalue weighted by Gasteiger charge is -2.26. The monoisotopic (exact) mass is 285 g/mol. The van der Waals surface area contributed by atoms with E-state index in [-0.39, 0.29) is 11.3 Å². The standard InChI is InChI=1S/C15H18F3NO/c1-19(9-11-4-2-3-5-11)14-7-6-12(10-20)8-13(14)15(16,17)18/h6-8,10-11H,2-5,9H2,1H3. The number of carbonyl (C=O) groups is 1. The third-order valence-electron chi connectivity index (χ3n) is 3.88. The van der Waals surface area contributed by atoms with Crippen molar-refractivity contribution in [2.45, 2.75) is 31.9 Å². The number of alkyl halides is 3. The molecule has 0 spiro atoms. The molecule has 1 aliphatic rings. The Balaban J connectivity index is 2.26. The van der Waals surface area contributed by atoms with Gasteiger partial charge in [-0.25, -0.2) is 0 Å². The molecule has 1 aliphatic carbocycles. The summed E-state index contributed by atoms with van der Waals surface area (Å²) < 4.78 is 39.3. The molecule has 0 saturated heterocycles. The van der Waals surface area contributed by atoms with Gasteiger partial charge in [-0.2, -0.15) is 13.2 Å². The van der Waals surface area contributed by atoms with E-state index in [9.17, 15) is 18.0 Å². The lowest BCUT2D eigenvalue weighted by atomic mass is 10.0. The highest BCUT2D eigenvalue weighted by Gasteiger charge is 2.35. The Kier molecular flexibility index (Phi) is 4.35. The molecule has 0 amide bonds. The van der Waals surface area contributed by atoms with E-state index in [1.807, 2.05) is 0 Å². The van der Waals surface area contributed by atoms with Gasteiger partial charge in [-0.05, 0) is 37.0 Å². The van der Waals surface area contributed by atoms with Gasteiger partial charge in [0, 0.05) is 24.8 Å². The molecule has 2 rings (SSSR count). The number of halogens is 3. The fourth-order valence-corrected chi connectivity index (χ4v) is 2.87. The van der Waals surface area contributed by atoms with Gasteiger partial charge in [0.25, 0.3) is 0 Å². The fourth-order valence-electron chi connectivity index (χ4n) is 2.87. The maximum Gasteiger partial charge on any atom is 0.418 e. The first-order chi connectivity index (χ1) is 9.41. The molecule has 1 fully saturated rings. The van der Waals surface area contributed by atoms with Gasteiger partial charge < -0.3 is 4.90 Å². The van der Waals surface area contributed by atoms with Crippen LogP contribution in [-0.4, -0.2) is 19.9 Å². The summed E-state index contributed by atoms with van der Waals surface area (Å²) in [7, 11) is 1.68. The molecule has 1 saturated carbocycles. The van der Waals surface area contributed by atoms with E-state index in [4.69, 9.17) is 0 Å². The number of anilines is 1. The SMILES string of the molecule is CN(CC1CCCC1)c1ccc(C=O)cc1C(F)(F)F. The zero-order valence-corrected chi connectivity index (χ0v) is 11.4. The van der Waals surface area contributed by atoms with Gasteiger partial charge in [-0.3, -0.25) is 4.79 Å². The molecule has 2 nitrogen and oxygen atoms in total. The van der Waals surface area contributed by atoms with Crippen LogP contribution in [0.3, 0.4) is 0 Å². The predicted molar refractivity (Wildman–Crippen MR) is 72.1 cm³/mol. The Morgan fingerprint density at radius 2 is 1.95 bits per heavy atom. The zero-order chi connectivity index (χ0) is 14.8. The van der Waals surface area contributed by atoms with Crippen LogP contribution in [0.5, 0.6) is 0 Å². The summed E-state index contributed by atoms with van der Waals surface area (Å²) in [5.41, 5.74) is -0.534. The van der Waals surface area contributed by atoms with E-state index in [2.05, 4.69) is 0 Å². The minimum absolute atomic E-state index is 0.0512. The molecule has 5 heteroatoms. The van der Waals surface area contributed by atoms with Crippen molar-refractivity contribution in [1.29, 1.82) is 0 Å². The van der Waals surface area contributed by atoms with Crippen LogP contribution >= 0.6 is 0 Å². The molecule has 20 heavy (non-hydrogen) atoms. The molecule has 0 N–H and O–H groups in total. The second-order valence-electron chi connectivity index (χ2n) is 5.42. The van der Waals surface area contributed by atoms with Crippen LogP contribution in [0.1, 0.15) is 41.6 Å². The van der Waals surface area contributed by atoms with Gasteiger partial charge in [0.1, 0.15) is 6.29 Å². The minimum atomic E-state index is -4.45. The maximum absolute atomic E-state index is 13.1. The minimum Gasteiger partial charge on any atom is -0.374 e. The van der Waals surface area contributed by atoms with E-state index >= 15 is 0 Å². The Morgan fingerprint density at radius 1 is 1.30 bits per heavy atom. The molecule has 0 atom stereocenters. The smallest absolute Gasteiger partial charge is 0.374 e. The normalized spacial score (nSPS) is 16.4. The fraction of sp³-hybridized carbons (Fsp3) is 0.533. The molecule has 1 aromatic rings. The largest absolute Gasteiger partial charge is 0.418 e. The van der Waals surface area contributed by atoms with E-state index in [0.29, 0.717) is 18.7 Å². The number of benzene rings is 1. The zero-order valence-electron chi connectivity index (χ0n) is 11.4. The first-order valence-electron chi connectivity index (χ1n) is 6.79. The Morgan fingerprint density at radius 3 is 2.50 bits per heavy atom. The highest BCUT2D eigenvalue weighted by atomic mass is 19.4. The second kappa shape index (κ2) is 5.85. The first kappa shape index (κ1) is 14.9. The summed E-state index contributed by atoms with van der Waals surface area (Å²) in [6.45, 7) is 0.628. The Bertz CT molecular complexity index is 478. The highest BCUT2D eigenvalue weighted by molar-refractivity contribution is 5.77. The quantitative estimate of drug-likeness (QED) is 0.775. The van der Waals surface area contributed by atoms with Crippen molar-refractivity contribution in [3.05, 3.63) is 29.3 Å². The molecule has 0 aromatic heterocycles. The Hall–Kier alpha value is -1.52. The summed E-state index contributed by atoms with van der Waals surface area (Å²) >= 11 is 0. The van der Waals surface area contributed by atoms with Crippen LogP contribution in [0.15, 0.2) is 18.2 Å². The van der Waals surface area contributed by atoms with Crippen molar-refractivity contribution in [1.82, 2.24) is 0 Å². The number of nitrogens with zero attached hydrogens (tertiary/aromatic N) is 1. The predicted octanol–water partition coefficient (Wildman–Crippen LogP) is 4.14. The lowest BCUT2D eigenvalue weighted by molar-refractivity contribution is -0.137. The van der Waals surface area contributed by atoms with Crippen molar-refractivity contribution < 1.29 is 18.0 Å². The topological polar surface area (TPSA) is 20.3 Å². The van der Waals surface area contributed by atoms with E-state index < -0.39 is 11.7 Å². The summed E-state index contributed by atoms with van der Waals surface area (Å²) in [6, 6.07) is 3.75. The van der Waals surface area contributed by atoms with Crippen LogP contribution in [0.4, 0.5) is 18.9 Å². The van der Waals surface area contributed by atoms with E-state index in [0.717, 1.165) is 31.7 Å². The van der Waals surface area contributed by atoms with Crippen LogP contribution < -0.4 is 4.90 Å². The third kappa shape index (κ3) is 3.32. The number of hydrogen-bond acceptors (Lipinski definition) is 2. The molecule has 1 aromatic carbocycles.